The van der Waals surface area contributed by atoms with Crippen molar-refractivity contribution >= 4 is 44.8 Å². The molecule has 0 saturated carbocycles. The third kappa shape index (κ3) is 6.13. The van der Waals surface area contributed by atoms with E-state index in [1.54, 1.807) is 48.5 Å². The zero-order chi connectivity index (χ0) is 24.6. The predicted molar refractivity (Wildman–Crippen MR) is 140 cm³/mol. The van der Waals surface area contributed by atoms with Gasteiger partial charge < -0.3 is 9.47 Å². The van der Waals surface area contributed by atoms with Crippen molar-refractivity contribution in [1.82, 2.24) is 5.43 Å². The first-order valence-electron chi connectivity index (χ1n) is 11.1. The summed E-state index contributed by atoms with van der Waals surface area (Å²) in [6, 6.07) is 25.1. The molecule has 0 aliphatic carbocycles. The van der Waals surface area contributed by atoms with Gasteiger partial charge in [-0.25, -0.2) is 10.2 Å². The van der Waals surface area contributed by atoms with Crippen LogP contribution in [0.3, 0.4) is 0 Å². The Morgan fingerprint density at radius 3 is 2.54 bits per heavy atom. The van der Waals surface area contributed by atoms with E-state index in [4.69, 9.17) is 9.47 Å². The Morgan fingerprint density at radius 2 is 1.74 bits per heavy atom. The minimum atomic E-state index is -0.510. The fourth-order valence-electron chi connectivity index (χ4n) is 3.42. The number of hydrogen-bond acceptors (Lipinski definition) is 5. The molecule has 0 unspecified atom stereocenters. The Hall–Kier alpha value is -3.97. The number of rotatable bonds is 8. The predicted octanol–water partition coefficient (Wildman–Crippen LogP) is 6.37. The Bertz CT molecular complexity index is 1380. The summed E-state index contributed by atoms with van der Waals surface area (Å²) >= 11 is 3.42. The van der Waals surface area contributed by atoms with Crippen LogP contribution < -0.4 is 14.9 Å². The Morgan fingerprint density at radius 1 is 0.971 bits per heavy atom. The van der Waals surface area contributed by atoms with Crippen molar-refractivity contribution in [3.8, 4) is 11.5 Å². The highest BCUT2D eigenvalue weighted by Gasteiger charge is 2.13. The third-order valence-corrected chi connectivity index (χ3v) is 5.63. The first-order valence-corrected chi connectivity index (χ1v) is 11.9. The summed E-state index contributed by atoms with van der Waals surface area (Å²) in [6.45, 7) is 2.64. The normalized spacial score (nSPS) is 10.9. The van der Waals surface area contributed by atoms with Gasteiger partial charge in [0.25, 0.3) is 5.91 Å². The molecule has 1 amide bonds. The number of ether oxygens (including phenoxy) is 2. The molecule has 35 heavy (non-hydrogen) atoms. The van der Waals surface area contributed by atoms with E-state index >= 15 is 0 Å². The Balaban J connectivity index is 1.47. The van der Waals surface area contributed by atoms with Crippen LogP contribution in [-0.2, 0) is 0 Å². The van der Waals surface area contributed by atoms with Crippen LogP contribution in [0.15, 0.2) is 94.5 Å². The van der Waals surface area contributed by atoms with Crippen molar-refractivity contribution < 1.29 is 19.1 Å². The van der Waals surface area contributed by atoms with Gasteiger partial charge in [-0.3, -0.25) is 4.79 Å². The lowest BCUT2D eigenvalue weighted by atomic mass is 10.0. The zero-order valence-electron chi connectivity index (χ0n) is 19.0. The molecule has 0 aliphatic rings. The van der Waals surface area contributed by atoms with Crippen LogP contribution >= 0.6 is 15.9 Å². The average Bonchev–Trinajstić information content (AvgIpc) is 2.88. The Kier molecular flexibility index (Phi) is 7.90. The number of halogens is 1. The number of hydrogen-bond donors (Lipinski definition) is 1. The van der Waals surface area contributed by atoms with E-state index in [2.05, 4.69) is 26.5 Å². The van der Waals surface area contributed by atoms with Gasteiger partial charge in [0.05, 0.1) is 18.4 Å². The van der Waals surface area contributed by atoms with Gasteiger partial charge in [-0.2, -0.15) is 5.10 Å². The summed E-state index contributed by atoms with van der Waals surface area (Å²) in [5.74, 6) is 0.162. The molecule has 0 fully saturated rings. The summed E-state index contributed by atoms with van der Waals surface area (Å²) in [6.07, 6.45) is 2.35. The second-order valence-corrected chi connectivity index (χ2v) is 8.59. The highest BCUT2D eigenvalue weighted by atomic mass is 79.9. The molecule has 1 N–H and O–H groups in total. The molecule has 0 aliphatic heterocycles. The lowest BCUT2D eigenvalue weighted by Gasteiger charge is -2.09. The maximum Gasteiger partial charge on any atom is 0.343 e. The molecule has 0 aromatic heterocycles. The minimum Gasteiger partial charge on any atom is -0.494 e. The van der Waals surface area contributed by atoms with Gasteiger partial charge in [0.15, 0.2) is 0 Å². The smallest absolute Gasteiger partial charge is 0.343 e. The lowest BCUT2D eigenvalue weighted by Crippen LogP contribution is -2.18. The first kappa shape index (κ1) is 24.2. The van der Waals surface area contributed by atoms with Crippen LogP contribution in [0.2, 0.25) is 0 Å². The quantitative estimate of drug-likeness (QED) is 0.124. The second-order valence-electron chi connectivity index (χ2n) is 7.67. The molecular weight excluding hydrogens is 508 g/mol. The first-order chi connectivity index (χ1) is 17.0. The van der Waals surface area contributed by atoms with E-state index in [0.717, 1.165) is 21.7 Å². The van der Waals surface area contributed by atoms with Gasteiger partial charge in [0.2, 0.25) is 0 Å². The summed E-state index contributed by atoms with van der Waals surface area (Å²) < 4.78 is 11.9. The molecule has 0 saturated heterocycles. The fourth-order valence-corrected chi connectivity index (χ4v) is 3.80. The van der Waals surface area contributed by atoms with Crippen molar-refractivity contribution in [3.63, 3.8) is 0 Å². The largest absolute Gasteiger partial charge is 0.494 e. The number of amides is 1. The van der Waals surface area contributed by atoms with Crippen molar-refractivity contribution in [2.24, 2.45) is 5.10 Å². The number of nitrogens with zero attached hydrogens (tertiary/aromatic N) is 1. The van der Waals surface area contributed by atoms with Crippen LogP contribution in [0.4, 0.5) is 0 Å². The van der Waals surface area contributed by atoms with E-state index in [1.165, 1.54) is 6.21 Å². The molecule has 0 heterocycles. The van der Waals surface area contributed by atoms with E-state index in [1.807, 2.05) is 43.3 Å². The number of carbonyl (C=O) groups excluding carboxylic acids is 2. The summed E-state index contributed by atoms with van der Waals surface area (Å²) in [4.78, 5) is 25.4. The van der Waals surface area contributed by atoms with Gasteiger partial charge in [0, 0.05) is 15.6 Å². The summed E-state index contributed by atoms with van der Waals surface area (Å²) in [5, 5.41) is 5.90. The van der Waals surface area contributed by atoms with Crippen molar-refractivity contribution in [2.45, 2.75) is 13.3 Å². The highest BCUT2D eigenvalue weighted by Crippen LogP contribution is 2.24. The molecule has 0 spiro atoms. The lowest BCUT2D eigenvalue weighted by molar-refractivity contribution is 0.0734. The second kappa shape index (κ2) is 11.4. The summed E-state index contributed by atoms with van der Waals surface area (Å²) in [7, 11) is 0. The molecular formula is C28H23BrN2O4. The molecule has 0 bridgehead atoms. The van der Waals surface area contributed by atoms with Gasteiger partial charge in [-0.15, -0.1) is 0 Å². The molecule has 4 aromatic rings. The van der Waals surface area contributed by atoms with Crippen molar-refractivity contribution in [1.29, 1.82) is 0 Å². The standard InChI is InChI=1S/C28H23BrN2O4/c1-2-16-34-23-13-10-20(11-14-23)28(33)35-26-15-12-22(29)17-21(26)18-30-31-27(32)25-9-5-7-19-6-3-4-8-24(19)25/h3-15,17-18H,2,16H2,1H3,(H,31,32)/b30-18+. The van der Waals surface area contributed by atoms with Gasteiger partial charge in [-0.05, 0) is 65.7 Å². The maximum atomic E-state index is 12.7. The molecule has 6 nitrogen and oxygen atoms in total. The average molecular weight is 531 g/mol. The molecule has 0 radical (unpaired) electrons. The van der Waals surface area contributed by atoms with E-state index in [9.17, 15) is 9.59 Å². The minimum absolute atomic E-state index is 0.313. The molecule has 4 aromatic carbocycles. The molecule has 176 valence electrons. The third-order valence-electron chi connectivity index (χ3n) is 5.14. The number of nitrogens with one attached hydrogen (secondary N) is 1. The fraction of sp³-hybridized carbons (Fsp3) is 0.107. The van der Waals surface area contributed by atoms with Gasteiger partial charge in [-0.1, -0.05) is 59.3 Å². The maximum absolute atomic E-state index is 12.7. The van der Waals surface area contributed by atoms with Crippen LogP contribution in [0, 0.1) is 0 Å². The highest BCUT2D eigenvalue weighted by molar-refractivity contribution is 9.10. The van der Waals surface area contributed by atoms with E-state index in [0.29, 0.717) is 34.8 Å². The summed E-state index contributed by atoms with van der Waals surface area (Å²) in [5.41, 5.74) is 3.99. The number of fused-ring (bicyclic) bond motifs is 1. The van der Waals surface area contributed by atoms with Crippen LogP contribution in [-0.4, -0.2) is 24.7 Å². The number of benzene rings is 4. The Labute approximate surface area is 211 Å². The molecule has 7 heteroatoms. The van der Waals surface area contributed by atoms with Crippen LogP contribution in [0.1, 0.15) is 39.6 Å². The number of hydrazone groups is 1. The van der Waals surface area contributed by atoms with Crippen LogP contribution in [0.5, 0.6) is 11.5 Å². The van der Waals surface area contributed by atoms with Gasteiger partial charge in [0.1, 0.15) is 11.5 Å². The number of esters is 1. The van der Waals surface area contributed by atoms with Gasteiger partial charge >= 0.3 is 5.97 Å². The molecule has 4 rings (SSSR count). The van der Waals surface area contributed by atoms with E-state index in [-0.39, 0.29) is 5.91 Å². The number of carbonyl (C=O) groups is 2. The molecule has 0 atom stereocenters. The SMILES string of the molecule is CCCOc1ccc(C(=O)Oc2ccc(Br)cc2/C=N/NC(=O)c2cccc3ccccc23)cc1. The zero-order valence-corrected chi connectivity index (χ0v) is 20.6. The van der Waals surface area contributed by atoms with E-state index < -0.39 is 5.97 Å². The van der Waals surface area contributed by atoms with Crippen molar-refractivity contribution in [2.75, 3.05) is 6.61 Å². The monoisotopic (exact) mass is 530 g/mol. The van der Waals surface area contributed by atoms with Crippen molar-refractivity contribution in [3.05, 3.63) is 106 Å². The topological polar surface area (TPSA) is 77.0 Å². The van der Waals surface area contributed by atoms with Crippen LogP contribution in [0.25, 0.3) is 10.8 Å².